The molecular weight excluding hydrogens is 813 g/mol. The van der Waals surface area contributed by atoms with Gasteiger partial charge in [-0.2, -0.15) is 0 Å². The highest BCUT2D eigenvalue weighted by Crippen LogP contribution is 2.46. The lowest BCUT2D eigenvalue weighted by molar-refractivity contribution is 0.674. The third kappa shape index (κ3) is 6.59. The van der Waals surface area contributed by atoms with Gasteiger partial charge < -0.3 is 13.9 Å². The molecule has 0 aliphatic heterocycles. The van der Waals surface area contributed by atoms with Gasteiger partial charge in [0.15, 0.2) is 0 Å². The summed E-state index contributed by atoms with van der Waals surface area (Å²) in [5.74, 6) is 0. The van der Waals surface area contributed by atoms with Crippen LogP contribution in [-0.2, 0) is 0 Å². The van der Waals surface area contributed by atoms with E-state index in [9.17, 15) is 0 Å². The van der Waals surface area contributed by atoms with Gasteiger partial charge in [-0.15, -0.1) is 0 Å². The van der Waals surface area contributed by atoms with Crippen molar-refractivity contribution in [3.8, 4) is 50.2 Å². The standard InChI is InChI=1S/C64H42N2O/c1-2-14-43(15-3-1)44-28-30-45(31-29-44)46-32-37-50(38-33-46)65(60-25-9-8-22-56(60)57-23-13-24-58-59-41-36-48-16-4-5-19-53(48)63(59)67-64(57)58)51-39-34-47(35-40-51)49-17-12-18-52(42-49)66-61-26-10-6-20-54(61)55-21-7-11-27-62(55)66/h1-42H. The molecule has 3 nitrogen and oxygen atoms in total. The predicted molar refractivity (Wildman–Crippen MR) is 282 cm³/mol. The van der Waals surface area contributed by atoms with Crippen LogP contribution in [0.4, 0.5) is 17.1 Å². The van der Waals surface area contributed by atoms with Gasteiger partial charge in [-0.05, 0) is 99.4 Å². The maximum Gasteiger partial charge on any atom is 0.143 e. The largest absolute Gasteiger partial charge is 0.455 e. The van der Waals surface area contributed by atoms with Crippen molar-refractivity contribution < 1.29 is 4.42 Å². The average molecular weight is 855 g/mol. The first-order valence-electron chi connectivity index (χ1n) is 22.9. The van der Waals surface area contributed by atoms with Gasteiger partial charge in [0.1, 0.15) is 11.2 Å². The van der Waals surface area contributed by atoms with Crippen LogP contribution in [0.2, 0.25) is 0 Å². The van der Waals surface area contributed by atoms with Gasteiger partial charge >= 0.3 is 0 Å². The summed E-state index contributed by atoms with van der Waals surface area (Å²) in [5.41, 5.74) is 17.7. The molecule has 67 heavy (non-hydrogen) atoms. The molecular formula is C64H42N2O. The van der Waals surface area contributed by atoms with Crippen LogP contribution in [0.25, 0.3) is 105 Å². The first kappa shape index (κ1) is 38.5. The summed E-state index contributed by atoms with van der Waals surface area (Å²) in [6.07, 6.45) is 0. The lowest BCUT2D eigenvalue weighted by Crippen LogP contribution is -2.11. The molecule has 0 bridgehead atoms. The van der Waals surface area contributed by atoms with Gasteiger partial charge in [0, 0.05) is 55.1 Å². The molecule has 0 aliphatic rings. The molecule has 0 aliphatic carbocycles. The minimum atomic E-state index is 0.883. The molecule has 0 atom stereocenters. The Morgan fingerprint density at radius 2 is 0.776 bits per heavy atom. The number of rotatable bonds is 8. The molecule has 314 valence electrons. The molecule has 13 aromatic rings. The maximum atomic E-state index is 6.93. The van der Waals surface area contributed by atoms with E-state index < -0.39 is 0 Å². The van der Waals surface area contributed by atoms with Gasteiger partial charge in [-0.1, -0.05) is 194 Å². The maximum absolute atomic E-state index is 6.93. The van der Waals surface area contributed by atoms with E-state index in [1.165, 1.54) is 43.9 Å². The van der Waals surface area contributed by atoms with Crippen molar-refractivity contribution in [2.75, 3.05) is 4.90 Å². The van der Waals surface area contributed by atoms with Gasteiger partial charge in [-0.3, -0.25) is 0 Å². The van der Waals surface area contributed by atoms with E-state index in [0.717, 1.165) is 77.9 Å². The van der Waals surface area contributed by atoms with Crippen molar-refractivity contribution in [3.05, 3.63) is 255 Å². The summed E-state index contributed by atoms with van der Waals surface area (Å²) < 4.78 is 9.31. The zero-order valence-electron chi connectivity index (χ0n) is 36.6. The zero-order valence-corrected chi connectivity index (χ0v) is 36.6. The van der Waals surface area contributed by atoms with E-state index in [4.69, 9.17) is 4.42 Å². The van der Waals surface area contributed by atoms with Crippen LogP contribution < -0.4 is 4.90 Å². The summed E-state index contributed by atoms with van der Waals surface area (Å²) >= 11 is 0. The lowest BCUT2D eigenvalue weighted by atomic mass is 9.98. The normalized spacial score (nSPS) is 11.6. The minimum absolute atomic E-state index is 0.883. The first-order valence-corrected chi connectivity index (χ1v) is 22.9. The minimum Gasteiger partial charge on any atom is -0.455 e. The van der Waals surface area contributed by atoms with E-state index >= 15 is 0 Å². The highest BCUT2D eigenvalue weighted by atomic mass is 16.3. The third-order valence-corrected chi connectivity index (χ3v) is 13.4. The van der Waals surface area contributed by atoms with Gasteiger partial charge in [-0.25, -0.2) is 0 Å². The smallest absolute Gasteiger partial charge is 0.143 e. The molecule has 0 saturated carbocycles. The highest BCUT2D eigenvalue weighted by Gasteiger charge is 2.21. The molecule has 13 rings (SSSR count). The number of benzene rings is 11. The molecule has 0 N–H and O–H groups in total. The zero-order chi connectivity index (χ0) is 44.3. The Bertz CT molecular complexity index is 3900. The summed E-state index contributed by atoms with van der Waals surface area (Å²) in [7, 11) is 0. The quantitative estimate of drug-likeness (QED) is 0.152. The molecule has 2 heterocycles. The monoisotopic (exact) mass is 854 g/mol. The number of nitrogens with zero attached hydrogens (tertiary/aromatic N) is 2. The molecule has 11 aromatic carbocycles. The fraction of sp³-hybridized carbons (Fsp3) is 0. The van der Waals surface area contributed by atoms with Gasteiger partial charge in [0.05, 0.1) is 16.7 Å². The van der Waals surface area contributed by atoms with Gasteiger partial charge in [0.2, 0.25) is 0 Å². The van der Waals surface area contributed by atoms with E-state index in [0.29, 0.717) is 0 Å². The van der Waals surface area contributed by atoms with Crippen LogP contribution in [0.5, 0.6) is 0 Å². The van der Waals surface area contributed by atoms with Crippen molar-refractivity contribution in [2.24, 2.45) is 0 Å². The Kier molecular flexibility index (Phi) is 9.17. The van der Waals surface area contributed by atoms with Crippen molar-refractivity contribution in [1.82, 2.24) is 4.57 Å². The number of anilines is 3. The van der Waals surface area contributed by atoms with Crippen LogP contribution in [0, 0.1) is 0 Å². The average Bonchev–Trinajstić information content (AvgIpc) is 3.96. The summed E-state index contributed by atoms with van der Waals surface area (Å²) in [4.78, 5) is 2.38. The molecule has 0 radical (unpaired) electrons. The Morgan fingerprint density at radius 1 is 0.299 bits per heavy atom. The highest BCUT2D eigenvalue weighted by molar-refractivity contribution is 6.18. The summed E-state index contributed by atoms with van der Waals surface area (Å²) in [5, 5.41) is 7.02. The molecule has 3 heteroatoms. The molecule has 0 spiro atoms. The Balaban J connectivity index is 0.926. The van der Waals surface area contributed by atoms with E-state index in [-0.39, 0.29) is 0 Å². The van der Waals surface area contributed by atoms with Crippen LogP contribution in [0.3, 0.4) is 0 Å². The van der Waals surface area contributed by atoms with Crippen molar-refractivity contribution in [2.45, 2.75) is 0 Å². The Labute approximate surface area is 388 Å². The number of hydrogen-bond acceptors (Lipinski definition) is 2. The summed E-state index contributed by atoms with van der Waals surface area (Å²) in [6, 6.07) is 91.8. The Hall–Kier alpha value is -8.92. The fourth-order valence-electron chi connectivity index (χ4n) is 10.2. The molecule has 2 aromatic heterocycles. The van der Waals surface area contributed by atoms with Crippen LogP contribution in [-0.4, -0.2) is 4.57 Å². The third-order valence-electron chi connectivity index (χ3n) is 13.4. The van der Waals surface area contributed by atoms with E-state index in [1.54, 1.807) is 0 Å². The van der Waals surface area contributed by atoms with Crippen LogP contribution in [0.15, 0.2) is 259 Å². The van der Waals surface area contributed by atoms with Crippen molar-refractivity contribution >= 4 is 71.6 Å². The number of fused-ring (bicyclic) bond motifs is 8. The van der Waals surface area contributed by atoms with E-state index in [1.807, 2.05) is 0 Å². The number of furan rings is 1. The topological polar surface area (TPSA) is 21.3 Å². The lowest BCUT2D eigenvalue weighted by Gasteiger charge is -2.28. The second-order valence-corrected chi connectivity index (χ2v) is 17.3. The molecule has 0 amide bonds. The van der Waals surface area contributed by atoms with Crippen LogP contribution >= 0.6 is 0 Å². The molecule has 0 fully saturated rings. The number of hydrogen-bond donors (Lipinski definition) is 0. The van der Waals surface area contributed by atoms with Crippen molar-refractivity contribution in [3.63, 3.8) is 0 Å². The molecule has 0 unspecified atom stereocenters. The number of para-hydroxylation sites is 4. The fourth-order valence-corrected chi connectivity index (χ4v) is 10.2. The van der Waals surface area contributed by atoms with Gasteiger partial charge in [0.25, 0.3) is 0 Å². The first-order chi connectivity index (χ1) is 33.2. The second kappa shape index (κ2) is 16.0. The summed E-state index contributed by atoms with van der Waals surface area (Å²) in [6.45, 7) is 0. The van der Waals surface area contributed by atoms with E-state index in [2.05, 4.69) is 264 Å². The van der Waals surface area contributed by atoms with Crippen LogP contribution in [0.1, 0.15) is 0 Å². The predicted octanol–water partition coefficient (Wildman–Crippen LogP) is 18.0. The molecule has 0 saturated heterocycles. The Morgan fingerprint density at radius 3 is 1.46 bits per heavy atom. The second-order valence-electron chi connectivity index (χ2n) is 17.3. The SMILES string of the molecule is c1ccc(-c2ccc(-c3ccc(N(c4ccc(-c5cccc(-n6c7ccccc7c7ccccc76)c5)cc4)c4ccccc4-c4cccc5c4oc4c6ccccc6ccc54)cc3)cc2)cc1. The number of aromatic nitrogens is 1. The van der Waals surface area contributed by atoms with Crippen molar-refractivity contribution in [1.29, 1.82) is 0 Å².